The van der Waals surface area contributed by atoms with Gasteiger partial charge < -0.3 is 13.6 Å². The zero-order valence-electron chi connectivity index (χ0n) is 29.0. The zero-order chi connectivity index (χ0) is 31.6. The van der Waals surface area contributed by atoms with Crippen molar-refractivity contribution in [3.8, 4) is 0 Å². The summed E-state index contributed by atoms with van der Waals surface area (Å²) in [7, 11) is -3.99. The van der Waals surface area contributed by atoms with Gasteiger partial charge in [-0.1, -0.05) is 103 Å². The summed E-state index contributed by atoms with van der Waals surface area (Å²) in [5, 5.41) is 0.304. The SMILES string of the molecule is C/C(I)=C\C(C)=C\C[C@H](O[Si](C)(C)C(C)(C)C)[C@@H](C)[C@@H](O[Si](C)(C)C(C)(C)C)[C@H](C)CCCOCc1ccccc1. The van der Waals surface area contributed by atoms with Gasteiger partial charge in [-0.05, 0) is 107 Å². The lowest BCUT2D eigenvalue weighted by molar-refractivity contribution is 0.00320. The van der Waals surface area contributed by atoms with Crippen LogP contribution in [-0.4, -0.2) is 35.4 Å². The molecule has 0 bridgehead atoms. The fourth-order valence-electron chi connectivity index (χ4n) is 4.51. The van der Waals surface area contributed by atoms with Crippen LogP contribution in [0.4, 0.5) is 0 Å². The summed E-state index contributed by atoms with van der Waals surface area (Å²) in [6.07, 6.45) is 7.90. The Hall–Kier alpha value is -0.256. The Morgan fingerprint density at radius 1 is 0.878 bits per heavy atom. The third kappa shape index (κ3) is 13.5. The van der Waals surface area contributed by atoms with Crippen LogP contribution in [-0.2, 0) is 20.2 Å². The standard InChI is InChI=1S/C35H63IO3Si2/c1-27(25-29(3)36)22-23-32(38-40(11,12)34(5,6)7)30(4)33(39-41(13,14)35(8,9)10)28(2)19-18-24-37-26-31-20-16-15-17-21-31/h15-17,20-22,25,28,30,32-33H,18-19,23-24,26H2,1-14H3/b27-22+,29-25+/t28-,30-,32+,33+/m1/s1. The average molecular weight is 715 g/mol. The fourth-order valence-corrected chi connectivity index (χ4v) is 7.90. The van der Waals surface area contributed by atoms with Gasteiger partial charge >= 0.3 is 0 Å². The maximum Gasteiger partial charge on any atom is 0.192 e. The Morgan fingerprint density at radius 2 is 1.41 bits per heavy atom. The molecule has 0 saturated heterocycles. The van der Waals surface area contributed by atoms with E-state index >= 15 is 0 Å². The number of ether oxygens (including phenoxy) is 1. The Balaban J connectivity index is 3.23. The van der Waals surface area contributed by atoms with Crippen LogP contribution >= 0.6 is 22.6 Å². The van der Waals surface area contributed by atoms with Crippen molar-refractivity contribution in [2.45, 2.75) is 144 Å². The molecule has 0 radical (unpaired) electrons. The van der Waals surface area contributed by atoms with E-state index in [1.807, 2.05) is 0 Å². The molecule has 0 aliphatic rings. The van der Waals surface area contributed by atoms with E-state index in [-0.39, 0.29) is 28.2 Å². The second-order valence-corrected chi connectivity index (χ2v) is 26.4. The van der Waals surface area contributed by atoms with Gasteiger partial charge in [0.05, 0.1) is 18.8 Å². The van der Waals surface area contributed by atoms with Crippen LogP contribution in [0.3, 0.4) is 0 Å². The normalized spacial score (nSPS) is 17.3. The van der Waals surface area contributed by atoms with Crippen LogP contribution in [0.25, 0.3) is 0 Å². The number of benzene rings is 1. The molecule has 1 aromatic rings. The highest BCUT2D eigenvalue weighted by atomic mass is 127. The maximum absolute atomic E-state index is 7.30. The van der Waals surface area contributed by atoms with Gasteiger partial charge in [-0.25, -0.2) is 0 Å². The number of hydrogen-bond donors (Lipinski definition) is 0. The highest BCUT2D eigenvalue weighted by molar-refractivity contribution is 14.1. The molecule has 1 aromatic carbocycles. The number of allylic oxidation sites excluding steroid dienone is 3. The number of hydrogen-bond acceptors (Lipinski definition) is 3. The van der Waals surface area contributed by atoms with Crippen LogP contribution in [0, 0.1) is 11.8 Å². The Kier molecular flexibility index (Phi) is 15.8. The van der Waals surface area contributed by atoms with Crippen molar-refractivity contribution in [2.75, 3.05) is 6.61 Å². The first-order chi connectivity index (χ1) is 18.7. The van der Waals surface area contributed by atoms with Gasteiger partial charge in [-0.2, -0.15) is 0 Å². The summed E-state index contributed by atoms with van der Waals surface area (Å²) in [4.78, 5) is 0. The smallest absolute Gasteiger partial charge is 0.192 e. The van der Waals surface area contributed by atoms with Crippen LogP contribution in [0.15, 0.2) is 51.6 Å². The average Bonchev–Trinajstić information content (AvgIpc) is 2.83. The monoisotopic (exact) mass is 714 g/mol. The first-order valence-electron chi connectivity index (χ1n) is 15.7. The van der Waals surface area contributed by atoms with Gasteiger partial charge in [0.2, 0.25) is 0 Å². The Bertz CT molecular complexity index is 954. The van der Waals surface area contributed by atoms with Crippen molar-refractivity contribution in [1.82, 2.24) is 0 Å². The highest BCUT2D eigenvalue weighted by Crippen LogP contribution is 2.43. The van der Waals surface area contributed by atoms with Crippen molar-refractivity contribution in [2.24, 2.45) is 11.8 Å². The van der Waals surface area contributed by atoms with E-state index in [2.05, 4.69) is 161 Å². The molecule has 0 fully saturated rings. The van der Waals surface area contributed by atoms with Gasteiger partial charge in [0.15, 0.2) is 16.6 Å². The van der Waals surface area contributed by atoms with E-state index in [4.69, 9.17) is 13.6 Å². The van der Waals surface area contributed by atoms with Crippen molar-refractivity contribution in [1.29, 1.82) is 0 Å². The molecular weight excluding hydrogens is 651 g/mol. The molecule has 1 rings (SSSR count). The van der Waals surface area contributed by atoms with Gasteiger partial charge in [0.1, 0.15) is 0 Å². The minimum absolute atomic E-state index is 0.111. The largest absolute Gasteiger partial charge is 0.413 e. The molecular formula is C35H63IO3Si2. The van der Waals surface area contributed by atoms with Crippen LogP contribution in [0.1, 0.15) is 94.1 Å². The molecule has 0 spiro atoms. The minimum Gasteiger partial charge on any atom is -0.413 e. The summed E-state index contributed by atoms with van der Waals surface area (Å²) in [6, 6.07) is 10.5. The molecule has 0 aromatic heterocycles. The molecule has 3 nitrogen and oxygen atoms in total. The second-order valence-electron chi connectivity index (χ2n) is 15.2. The van der Waals surface area contributed by atoms with E-state index < -0.39 is 16.6 Å². The van der Waals surface area contributed by atoms with Crippen molar-refractivity contribution in [3.05, 3.63) is 57.2 Å². The summed E-state index contributed by atoms with van der Waals surface area (Å²) in [5.74, 6) is 0.679. The lowest BCUT2D eigenvalue weighted by Gasteiger charge is -2.46. The topological polar surface area (TPSA) is 27.7 Å². The summed E-state index contributed by atoms with van der Waals surface area (Å²) in [5.41, 5.74) is 2.54. The molecule has 0 aliphatic carbocycles. The van der Waals surface area contributed by atoms with E-state index in [0.717, 1.165) is 25.9 Å². The van der Waals surface area contributed by atoms with E-state index in [9.17, 15) is 0 Å². The van der Waals surface area contributed by atoms with Gasteiger partial charge in [-0.15, -0.1) is 0 Å². The van der Waals surface area contributed by atoms with Crippen LogP contribution < -0.4 is 0 Å². The summed E-state index contributed by atoms with van der Waals surface area (Å²) >= 11 is 2.39. The number of halogens is 1. The van der Waals surface area contributed by atoms with E-state index in [0.29, 0.717) is 12.5 Å². The van der Waals surface area contributed by atoms with Crippen LogP contribution in [0.2, 0.25) is 36.3 Å². The first kappa shape index (κ1) is 38.8. The zero-order valence-corrected chi connectivity index (χ0v) is 33.1. The molecule has 4 atom stereocenters. The van der Waals surface area contributed by atoms with Crippen LogP contribution in [0.5, 0.6) is 0 Å². The molecule has 41 heavy (non-hydrogen) atoms. The van der Waals surface area contributed by atoms with Gasteiger partial charge in [0, 0.05) is 12.5 Å². The third-order valence-electron chi connectivity index (χ3n) is 9.31. The molecule has 236 valence electrons. The highest BCUT2D eigenvalue weighted by Gasteiger charge is 2.45. The summed E-state index contributed by atoms with van der Waals surface area (Å²) < 4.78 is 21.9. The summed E-state index contributed by atoms with van der Waals surface area (Å²) in [6.45, 7) is 34.2. The molecule has 0 amide bonds. The van der Waals surface area contributed by atoms with Crippen molar-refractivity contribution >= 4 is 39.2 Å². The van der Waals surface area contributed by atoms with Crippen molar-refractivity contribution < 1.29 is 13.6 Å². The Morgan fingerprint density at radius 3 is 1.93 bits per heavy atom. The second kappa shape index (κ2) is 16.7. The maximum atomic E-state index is 7.30. The van der Waals surface area contributed by atoms with E-state index in [1.54, 1.807) is 0 Å². The molecule has 6 heteroatoms. The van der Waals surface area contributed by atoms with Crippen molar-refractivity contribution in [3.63, 3.8) is 0 Å². The molecule has 0 aliphatic heterocycles. The predicted molar refractivity (Wildman–Crippen MR) is 194 cm³/mol. The van der Waals surface area contributed by atoms with Gasteiger partial charge in [-0.3, -0.25) is 0 Å². The Labute approximate surface area is 270 Å². The number of rotatable bonds is 16. The first-order valence-corrected chi connectivity index (χ1v) is 22.6. The molecule has 0 heterocycles. The van der Waals surface area contributed by atoms with Gasteiger partial charge in [0.25, 0.3) is 0 Å². The molecule has 0 unspecified atom stereocenters. The van der Waals surface area contributed by atoms with E-state index in [1.165, 1.54) is 14.7 Å². The minimum atomic E-state index is -2.00. The quantitative estimate of drug-likeness (QED) is 0.0738. The molecule has 0 saturated carbocycles. The molecule has 0 N–H and O–H groups in total. The third-order valence-corrected chi connectivity index (χ3v) is 18.6. The lowest BCUT2D eigenvalue weighted by Crippen LogP contribution is -2.52. The fraction of sp³-hybridized carbons (Fsp3) is 0.714. The predicted octanol–water partition coefficient (Wildman–Crippen LogP) is 11.7. The lowest BCUT2D eigenvalue weighted by atomic mass is 9.85.